The van der Waals surface area contributed by atoms with E-state index in [0.717, 1.165) is 70.6 Å². The van der Waals surface area contributed by atoms with Gasteiger partial charge < -0.3 is 20.3 Å². The molecule has 0 spiro atoms. The van der Waals surface area contributed by atoms with Crippen molar-refractivity contribution in [2.75, 3.05) is 6.61 Å². The van der Waals surface area contributed by atoms with Gasteiger partial charge in [0.05, 0.1) is 25.2 Å². The molecule has 0 bridgehead atoms. The molecule has 1 amide bonds. The lowest BCUT2D eigenvalue weighted by atomic mass is 10.0. The van der Waals surface area contributed by atoms with Gasteiger partial charge in [0.2, 0.25) is 5.91 Å². The minimum atomic E-state index is -0.820. The van der Waals surface area contributed by atoms with Crippen LogP contribution in [-0.4, -0.2) is 46.9 Å². The molecule has 0 radical (unpaired) electrons. The van der Waals surface area contributed by atoms with Crippen molar-refractivity contribution in [2.24, 2.45) is 0 Å². The van der Waals surface area contributed by atoms with Gasteiger partial charge in [-0.15, -0.1) is 0 Å². The van der Waals surface area contributed by atoms with E-state index in [1.54, 1.807) is 6.08 Å². The summed E-state index contributed by atoms with van der Waals surface area (Å²) in [7, 11) is 0. The second-order valence-corrected chi connectivity index (χ2v) is 17.2. The number of hydrogen-bond donors (Lipinski definition) is 3. The van der Waals surface area contributed by atoms with Crippen molar-refractivity contribution in [3.63, 3.8) is 0 Å². The summed E-state index contributed by atoms with van der Waals surface area (Å²) < 4.78 is 5.82. The molecule has 0 aromatic rings. The Balaban J connectivity index is 4.76. The first-order valence-electron chi connectivity index (χ1n) is 25.7. The van der Waals surface area contributed by atoms with E-state index >= 15 is 0 Å². The number of unbranched alkanes of at least 4 members (excludes halogenated alkanes) is 23. The lowest BCUT2D eigenvalue weighted by molar-refractivity contribution is -0.148. The van der Waals surface area contributed by atoms with E-state index in [2.05, 4.69) is 86.8 Å². The zero-order chi connectivity index (χ0) is 44.5. The lowest BCUT2D eigenvalue weighted by Gasteiger charge is -2.23. The van der Waals surface area contributed by atoms with Crippen molar-refractivity contribution in [1.82, 2.24) is 5.32 Å². The topological polar surface area (TPSA) is 95.9 Å². The van der Waals surface area contributed by atoms with Gasteiger partial charge in [0.25, 0.3) is 0 Å². The number of nitrogens with one attached hydrogen (secondary N) is 1. The van der Waals surface area contributed by atoms with Crippen LogP contribution in [0, 0.1) is 0 Å². The van der Waals surface area contributed by atoms with Crippen molar-refractivity contribution in [1.29, 1.82) is 0 Å². The van der Waals surface area contributed by atoms with Gasteiger partial charge in [-0.1, -0.05) is 242 Å². The van der Waals surface area contributed by atoms with Gasteiger partial charge in [0, 0.05) is 6.42 Å². The number of aliphatic hydroxyl groups is 2. The van der Waals surface area contributed by atoms with E-state index in [-0.39, 0.29) is 24.9 Å². The first kappa shape index (κ1) is 58.3. The molecule has 0 rings (SSSR count). The quantitative estimate of drug-likeness (QED) is 0.0322. The van der Waals surface area contributed by atoms with Gasteiger partial charge in [-0.3, -0.25) is 9.59 Å². The third-order valence-corrected chi connectivity index (χ3v) is 11.3. The summed E-state index contributed by atoms with van der Waals surface area (Å²) >= 11 is 0. The van der Waals surface area contributed by atoms with Crippen LogP contribution in [0.3, 0.4) is 0 Å². The molecule has 61 heavy (non-hydrogen) atoms. The van der Waals surface area contributed by atoms with Gasteiger partial charge in [-0.05, 0) is 57.4 Å². The molecule has 0 aromatic heterocycles. The third-order valence-electron chi connectivity index (χ3n) is 11.3. The van der Waals surface area contributed by atoms with Crippen LogP contribution in [0.15, 0.2) is 72.9 Å². The monoisotopic (exact) mass is 852 g/mol. The molecule has 3 N–H and O–H groups in total. The van der Waals surface area contributed by atoms with E-state index in [1.165, 1.54) is 122 Å². The van der Waals surface area contributed by atoms with Crippen molar-refractivity contribution in [3.05, 3.63) is 72.9 Å². The van der Waals surface area contributed by atoms with Crippen LogP contribution in [-0.2, 0) is 14.3 Å². The predicted molar refractivity (Wildman–Crippen MR) is 264 cm³/mol. The Morgan fingerprint density at radius 3 is 1.25 bits per heavy atom. The zero-order valence-corrected chi connectivity index (χ0v) is 40.0. The Morgan fingerprint density at radius 1 is 0.492 bits per heavy atom. The molecular weight excluding hydrogens is 755 g/mol. The number of esters is 1. The van der Waals surface area contributed by atoms with Crippen molar-refractivity contribution < 1.29 is 24.5 Å². The van der Waals surface area contributed by atoms with Gasteiger partial charge in [-0.25, -0.2) is 0 Å². The number of allylic oxidation sites excluding steroid dienone is 11. The molecule has 0 saturated heterocycles. The maximum absolute atomic E-state index is 13.2. The van der Waals surface area contributed by atoms with Crippen LogP contribution in [0.1, 0.15) is 239 Å². The van der Waals surface area contributed by atoms with E-state index < -0.39 is 18.2 Å². The van der Waals surface area contributed by atoms with E-state index in [0.29, 0.717) is 19.3 Å². The molecule has 0 saturated carbocycles. The summed E-state index contributed by atoms with van der Waals surface area (Å²) in [4.78, 5) is 26.1. The van der Waals surface area contributed by atoms with Crippen LogP contribution in [0.2, 0.25) is 0 Å². The molecule has 3 unspecified atom stereocenters. The van der Waals surface area contributed by atoms with Crippen molar-refractivity contribution in [3.8, 4) is 0 Å². The van der Waals surface area contributed by atoms with Crippen LogP contribution < -0.4 is 5.32 Å². The van der Waals surface area contributed by atoms with Gasteiger partial charge in [0.15, 0.2) is 0 Å². The molecule has 352 valence electrons. The Morgan fingerprint density at radius 2 is 0.852 bits per heavy atom. The van der Waals surface area contributed by atoms with Crippen LogP contribution in [0.4, 0.5) is 0 Å². The second-order valence-electron chi connectivity index (χ2n) is 17.2. The number of carbonyl (C=O) groups is 2. The molecule has 0 aliphatic heterocycles. The molecule has 6 nitrogen and oxygen atoms in total. The SMILES string of the molecule is CC/C=C\C/C=C\C/C=C\C/C=C\C/C=C\C/C=C\C(CC(=O)NC(CO)C(O)CCCCCCCCCCCCCCC)OC(=O)CCCCCCCCCCCCCC. The number of hydrogen-bond acceptors (Lipinski definition) is 5. The minimum absolute atomic E-state index is 0.0473. The summed E-state index contributed by atoms with van der Waals surface area (Å²) in [5.41, 5.74) is 0. The fourth-order valence-corrected chi connectivity index (χ4v) is 7.43. The Kier molecular flexibility index (Phi) is 46.2. The molecule has 0 aliphatic carbocycles. The van der Waals surface area contributed by atoms with E-state index in [1.807, 2.05) is 6.08 Å². The first-order chi connectivity index (χ1) is 30.0. The molecule has 3 atom stereocenters. The molecule has 6 heteroatoms. The number of amides is 1. The zero-order valence-electron chi connectivity index (χ0n) is 40.0. The van der Waals surface area contributed by atoms with Gasteiger partial charge in [0.1, 0.15) is 6.10 Å². The molecule has 0 fully saturated rings. The molecule has 0 heterocycles. The summed E-state index contributed by atoms with van der Waals surface area (Å²) in [6.07, 6.45) is 61.3. The highest BCUT2D eigenvalue weighted by Crippen LogP contribution is 2.16. The Bertz CT molecular complexity index is 1140. The van der Waals surface area contributed by atoms with E-state index in [9.17, 15) is 19.8 Å². The third kappa shape index (κ3) is 43.7. The lowest BCUT2D eigenvalue weighted by Crippen LogP contribution is -2.46. The number of ether oxygens (including phenoxy) is 1. The van der Waals surface area contributed by atoms with Crippen LogP contribution in [0.5, 0.6) is 0 Å². The first-order valence-corrected chi connectivity index (χ1v) is 25.7. The maximum Gasteiger partial charge on any atom is 0.306 e. The average molecular weight is 852 g/mol. The summed E-state index contributed by atoms with van der Waals surface area (Å²) in [6, 6.07) is -0.743. The smallest absolute Gasteiger partial charge is 0.306 e. The standard InChI is InChI=1S/C55H97NO5/c1-4-7-10-13-16-19-22-25-26-27-28-30-31-34-37-40-43-46-51(61-55(60)48-45-42-39-36-33-24-21-18-15-12-9-6-3)49-54(59)56-52(50-57)53(58)47-44-41-38-35-32-29-23-20-17-14-11-8-5-2/h7,10,16,19,25-26,28,30,34,37,43,46,51-53,57-58H,4-6,8-9,11-15,17-18,20-24,27,29,31-33,35-36,38-42,44-45,47-50H2,1-3H3,(H,56,59)/b10-7-,19-16-,26-25-,30-28-,37-34-,46-43-. The van der Waals surface area contributed by atoms with Crippen LogP contribution >= 0.6 is 0 Å². The predicted octanol–water partition coefficient (Wildman–Crippen LogP) is 15.4. The summed E-state index contributed by atoms with van der Waals surface area (Å²) in [5.74, 6) is -0.628. The number of aliphatic hydroxyl groups excluding tert-OH is 2. The highest BCUT2D eigenvalue weighted by Gasteiger charge is 2.23. The maximum atomic E-state index is 13.2. The van der Waals surface area contributed by atoms with Crippen molar-refractivity contribution in [2.45, 2.75) is 257 Å². The Labute approximate surface area is 377 Å². The van der Waals surface area contributed by atoms with Crippen molar-refractivity contribution >= 4 is 11.9 Å². The fourth-order valence-electron chi connectivity index (χ4n) is 7.43. The fraction of sp³-hybridized carbons (Fsp3) is 0.745. The van der Waals surface area contributed by atoms with Crippen LogP contribution in [0.25, 0.3) is 0 Å². The largest absolute Gasteiger partial charge is 0.458 e. The molecule has 0 aliphatic rings. The highest BCUT2D eigenvalue weighted by molar-refractivity contribution is 5.78. The molecular formula is C55H97NO5. The summed E-state index contributed by atoms with van der Waals surface area (Å²) in [5, 5.41) is 23.7. The van der Waals surface area contributed by atoms with Gasteiger partial charge in [-0.2, -0.15) is 0 Å². The van der Waals surface area contributed by atoms with E-state index in [4.69, 9.17) is 4.74 Å². The number of rotatable bonds is 45. The van der Waals surface area contributed by atoms with Gasteiger partial charge >= 0.3 is 5.97 Å². The summed E-state index contributed by atoms with van der Waals surface area (Å²) in [6.45, 7) is 6.33. The average Bonchev–Trinajstić information content (AvgIpc) is 3.25. The number of carbonyl (C=O) groups excluding carboxylic acids is 2. The minimum Gasteiger partial charge on any atom is -0.458 e. The normalized spacial score (nSPS) is 13.9. The molecule has 0 aromatic carbocycles. The Hall–Kier alpha value is -2.70. The highest BCUT2D eigenvalue weighted by atomic mass is 16.5. The second kappa shape index (κ2) is 48.3.